The van der Waals surface area contributed by atoms with Gasteiger partial charge >= 0.3 is 0 Å². The van der Waals surface area contributed by atoms with E-state index in [4.69, 9.17) is 0 Å². The Labute approximate surface area is 110 Å². The van der Waals surface area contributed by atoms with Gasteiger partial charge in [-0.3, -0.25) is 9.78 Å². The highest BCUT2D eigenvalue weighted by Gasteiger charge is 2.18. The third-order valence-electron chi connectivity index (χ3n) is 2.82. The summed E-state index contributed by atoms with van der Waals surface area (Å²) in [6.45, 7) is 10.3. The average molecular weight is 248 g/mol. The van der Waals surface area contributed by atoms with Crippen LogP contribution in [0.15, 0.2) is 24.5 Å². The first kappa shape index (κ1) is 14.7. The molecule has 0 saturated carbocycles. The lowest BCUT2D eigenvalue weighted by Gasteiger charge is -2.26. The van der Waals surface area contributed by atoms with Gasteiger partial charge in [-0.25, -0.2) is 0 Å². The van der Waals surface area contributed by atoms with E-state index < -0.39 is 0 Å². The van der Waals surface area contributed by atoms with Crippen molar-refractivity contribution in [3.63, 3.8) is 0 Å². The number of amides is 1. The Hall–Kier alpha value is -1.38. The summed E-state index contributed by atoms with van der Waals surface area (Å²) in [4.78, 5) is 18.3. The van der Waals surface area contributed by atoms with Crippen LogP contribution in [0.5, 0.6) is 0 Å². The summed E-state index contributed by atoms with van der Waals surface area (Å²) in [7, 11) is 0. The molecule has 0 aliphatic heterocycles. The van der Waals surface area contributed by atoms with E-state index in [1.165, 1.54) is 0 Å². The van der Waals surface area contributed by atoms with E-state index in [2.05, 4.69) is 32.7 Å². The summed E-state index contributed by atoms with van der Waals surface area (Å²) in [5.74, 6) is 0.0919. The fourth-order valence-electron chi connectivity index (χ4n) is 1.73. The van der Waals surface area contributed by atoms with E-state index >= 15 is 0 Å². The third kappa shape index (κ3) is 4.86. The number of nitrogens with zero attached hydrogens (tertiary/aromatic N) is 2. The average Bonchev–Trinajstić information content (AvgIpc) is 2.33. The summed E-state index contributed by atoms with van der Waals surface area (Å²) in [5.41, 5.74) is 0.932. The summed E-state index contributed by atoms with van der Waals surface area (Å²) in [6.07, 6.45) is 5.33. The van der Waals surface area contributed by atoms with Crippen molar-refractivity contribution >= 4 is 5.91 Å². The Morgan fingerprint density at radius 2 is 2.06 bits per heavy atom. The first-order valence-electron chi connectivity index (χ1n) is 6.63. The smallest absolute Gasteiger partial charge is 0.255 e. The molecule has 0 aromatic carbocycles. The van der Waals surface area contributed by atoms with E-state index in [1.54, 1.807) is 18.5 Å². The third-order valence-corrected chi connectivity index (χ3v) is 2.82. The number of pyridine rings is 1. The van der Waals surface area contributed by atoms with Crippen LogP contribution < -0.4 is 0 Å². The molecule has 3 nitrogen and oxygen atoms in total. The molecule has 0 aliphatic carbocycles. The van der Waals surface area contributed by atoms with Gasteiger partial charge in [0.2, 0.25) is 0 Å². The van der Waals surface area contributed by atoms with Crippen LogP contribution in [0.2, 0.25) is 0 Å². The van der Waals surface area contributed by atoms with Crippen molar-refractivity contribution in [1.29, 1.82) is 0 Å². The maximum absolute atomic E-state index is 12.3. The molecule has 0 N–H and O–H groups in total. The monoisotopic (exact) mass is 248 g/mol. The van der Waals surface area contributed by atoms with Gasteiger partial charge in [0, 0.05) is 25.5 Å². The molecule has 18 heavy (non-hydrogen) atoms. The molecule has 0 aliphatic rings. The van der Waals surface area contributed by atoms with E-state index in [0.717, 1.165) is 25.9 Å². The molecule has 0 bridgehead atoms. The van der Waals surface area contributed by atoms with Crippen molar-refractivity contribution in [2.75, 3.05) is 13.1 Å². The Morgan fingerprint density at radius 3 is 2.56 bits per heavy atom. The first-order valence-corrected chi connectivity index (χ1v) is 6.63. The lowest BCUT2D eigenvalue weighted by atomic mass is 9.92. The zero-order valence-corrected chi connectivity index (χ0v) is 11.9. The number of carbonyl (C=O) groups excluding carboxylic acids is 1. The lowest BCUT2D eigenvalue weighted by molar-refractivity contribution is 0.0737. The zero-order valence-electron chi connectivity index (χ0n) is 11.9. The molecule has 0 unspecified atom stereocenters. The first-order chi connectivity index (χ1) is 8.44. The van der Waals surface area contributed by atoms with Gasteiger partial charge in [0.15, 0.2) is 0 Å². The van der Waals surface area contributed by atoms with Crippen LogP contribution in [0.25, 0.3) is 0 Å². The largest absolute Gasteiger partial charge is 0.339 e. The Morgan fingerprint density at radius 1 is 1.33 bits per heavy atom. The van der Waals surface area contributed by atoms with E-state index in [1.807, 2.05) is 11.0 Å². The summed E-state index contributed by atoms with van der Waals surface area (Å²) in [6, 6.07) is 3.64. The van der Waals surface area contributed by atoms with E-state index in [0.29, 0.717) is 5.56 Å². The fraction of sp³-hybridized carbons (Fsp3) is 0.600. The van der Waals surface area contributed by atoms with Gasteiger partial charge in [0.05, 0.1) is 5.56 Å². The van der Waals surface area contributed by atoms with Gasteiger partial charge in [-0.1, -0.05) is 27.7 Å². The topological polar surface area (TPSA) is 33.2 Å². The second-order valence-corrected chi connectivity index (χ2v) is 5.84. The minimum atomic E-state index is 0.0919. The standard InChI is InChI=1S/C15H24N2O/c1-5-10-17(11-8-15(2,3)4)14(18)13-7-6-9-16-12-13/h6-7,9,12H,5,8,10-11H2,1-4H3. The molecule has 1 aromatic heterocycles. The van der Waals surface area contributed by atoms with Crippen LogP contribution in [-0.2, 0) is 0 Å². The van der Waals surface area contributed by atoms with Crippen molar-refractivity contribution in [2.45, 2.75) is 40.5 Å². The van der Waals surface area contributed by atoms with Crippen LogP contribution >= 0.6 is 0 Å². The second-order valence-electron chi connectivity index (χ2n) is 5.84. The summed E-state index contributed by atoms with van der Waals surface area (Å²) >= 11 is 0. The fourth-order valence-corrected chi connectivity index (χ4v) is 1.73. The van der Waals surface area contributed by atoms with Crippen molar-refractivity contribution in [3.05, 3.63) is 30.1 Å². The lowest BCUT2D eigenvalue weighted by Crippen LogP contribution is -2.34. The van der Waals surface area contributed by atoms with Crippen LogP contribution in [-0.4, -0.2) is 28.9 Å². The molecule has 100 valence electrons. The maximum atomic E-state index is 12.3. The minimum absolute atomic E-state index is 0.0919. The van der Waals surface area contributed by atoms with Crippen LogP contribution in [0.3, 0.4) is 0 Å². The molecule has 0 spiro atoms. The molecule has 0 atom stereocenters. The number of hydrogen-bond donors (Lipinski definition) is 0. The van der Waals surface area contributed by atoms with Gasteiger partial charge in [-0.2, -0.15) is 0 Å². The quantitative estimate of drug-likeness (QED) is 0.800. The molecular formula is C15H24N2O. The minimum Gasteiger partial charge on any atom is -0.339 e. The van der Waals surface area contributed by atoms with Crippen molar-refractivity contribution in [3.8, 4) is 0 Å². The molecule has 3 heteroatoms. The van der Waals surface area contributed by atoms with Crippen molar-refractivity contribution < 1.29 is 4.79 Å². The Bertz CT molecular complexity index is 368. The normalized spacial score (nSPS) is 11.3. The van der Waals surface area contributed by atoms with Crippen molar-refractivity contribution in [1.82, 2.24) is 9.88 Å². The predicted molar refractivity (Wildman–Crippen MR) is 74.5 cm³/mol. The van der Waals surface area contributed by atoms with E-state index in [-0.39, 0.29) is 11.3 Å². The van der Waals surface area contributed by atoms with Gasteiger partial charge in [-0.05, 0) is 30.4 Å². The molecule has 1 heterocycles. The SMILES string of the molecule is CCCN(CCC(C)(C)C)C(=O)c1cccnc1. The van der Waals surface area contributed by atoms with Gasteiger partial charge in [0.25, 0.3) is 5.91 Å². The highest BCUT2D eigenvalue weighted by molar-refractivity contribution is 5.93. The molecule has 1 rings (SSSR count). The van der Waals surface area contributed by atoms with Crippen LogP contribution in [0.1, 0.15) is 50.9 Å². The van der Waals surface area contributed by atoms with Gasteiger partial charge in [-0.15, -0.1) is 0 Å². The highest BCUT2D eigenvalue weighted by Crippen LogP contribution is 2.19. The second kappa shape index (κ2) is 6.53. The zero-order chi connectivity index (χ0) is 13.6. The number of hydrogen-bond acceptors (Lipinski definition) is 2. The Kier molecular flexibility index (Phi) is 5.32. The maximum Gasteiger partial charge on any atom is 0.255 e. The molecule has 1 amide bonds. The number of rotatable bonds is 5. The Balaban J connectivity index is 2.70. The highest BCUT2D eigenvalue weighted by atomic mass is 16.2. The molecule has 1 aromatic rings. The van der Waals surface area contributed by atoms with Crippen LogP contribution in [0, 0.1) is 5.41 Å². The van der Waals surface area contributed by atoms with Crippen molar-refractivity contribution in [2.24, 2.45) is 5.41 Å². The van der Waals surface area contributed by atoms with Gasteiger partial charge < -0.3 is 4.90 Å². The number of carbonyl (C=O) groups is 1. The molecule has 0 fully saturated rings. The molecular weight excluding hydrogens is 224 g/mol. The van der Waals surface area contributed by atoms with Crippen LogP contribution in [0.4, 0.5) is 0 Å². The summed E-state index contributed by atoms with van der Waals surface area (Å²) in [5, 5.41) is 0. The molecule has 0 saturated heterocycles. The molecule has 0 radical (unpaired) electrons. The van der Waals surface area contributed by atoms with Gasteiger partial charge in [0.1, 0.15) is 0 Å². The summed E-state index contributed by atoms with van der Waals surface area (Å²) < 4.78 is 0. The number of aromatic nitrogens is 1. The van der Waals surface area contributed by atoms with E-state index in [9.17, 15) is 4.79 Å². The predicted octanol–water partition coefficient (Wildman–Crippen LogP) is 3.37.